The maximum atomic E-state index is 12.0. The summed E-state index contributed by atoms with van der Waals surface area (Å²) >= 11 is 9.13. The average molecular weight is 346 g/mol. The predicted molar refractivity (Wildman–Crippen MR) is 72.8 cm³/mol. The Morgan fingerprint density at radius 1 is 1.42 bits per heavy atom. The quantitative estimate of drug-likeness (QED) is 0.800. The summed E-state index contributed by atoms with van der Waals surface area (Å²) < 4.78 is 0.687. The van der Waals surface area contributed by atoms with Gasteiger partial charge in [-0.15, -0.1) is 0 Å². The van der Waals surface area contributed by atoms with Gasteiger partial charge in [0.2, 0.25) is 11.8 Å². The van der Waals surface area contributed by atoms with Gasteiger partial charge in [-0.2, -0.15) is 0 Å². The molecule has 0 radical (unpaired) electrons. The van der Waals surface area contributed by atoms with Crippen molar-refractivity contribution < 1.29 is 14.4 Å². The Hall–Kier alpha value is -1.40. The van der Waals surface area contributed by atoms with Crippen LogP contribution in [0.15, 0.2) is 22.7 Å². The van der Waals surface area contributed by atoms with Gasteiger partial charge in [0.25, 0.3) is 5.91 Å². The highest BCUT2D eigenvalue weighted by atomic mass is 79.9. The molecule has 1 atom stereocenters. The molecule has 5 nitrogen and oxygen atoms in total. The molecule has 1 aliphatic heterocycles. The van der Waals surface area contributed by atoms with Gasteiger partial charge in [-0.05, 0) is 40.5 Å². The lowest BCUT2D eigenvalue weighted by atomic mass is 10.1. The van der Waals surface area contributed by atoms with Crippen LogP contribution in [-0.2, 0) is 9.59 Å². The van der Waals surface area contributed by atoms with E-state index < -0.39 is 17.9 Å². The van der Waals surface area contributed by atoms with Crippen LogP contribution in [0.2, 0.25) is 5.02 Å². The average Bonchev–Trinajstić information content (AvgIpc) is 2.36. The highest BCUT2D eigenvalue weighted by Gasteiger charge is 2.28. The van der Waals surface area contributed by atoms with Crippen LogP contribution in [-0.4, -0.2) is 23.8 Å². The zero-order valence-corrected chi connectivity index (χ0v) is 12.0. The number of nitrogens with one attached hydrogen (secondary N) is 2. The molecule has 100 valence electrons. The first kappa shape index (κ1) is 14.0. The van der Waals surface area contributed by atoms with Crippen molar-refractivity contribution in [2.24, 2.45) is 0 Å². The molecule has 0 aromatic heterocycles. The lowest BCUT2D eigenvalue weighted by molar-refractivity contribution is -0.134. The van der Waals surface area contributed by atoms with Crippen LogP contribution < -0.4 is 10.6 Å². The minimum atomic E-state index is -0.687. The van der Waals surface area contributed by atoms with Crippen molar-refractivity contribution in [1.82, 2.24) is 10.6 Å². The number of carbonyl (C=O) groups is 3. The minimum absolute atomic E-state index is 0.220. The van der Waals surface area contributed by atoms with Gasteiger partial charge < -0.3 is 5.32 Å². The van der Waals surface area contributed by atoms with Crippen molar-refractivity contribution in [3.05, 3.63) is 33.3 Å². The van der Waals surface area contributed by atoms with Crippen molar-refractivity contribution >= 4 is 45.3 Å². The SMILES string of the molecule is O=C1CCC(NC(=O)c2ccc(Br)c(Cl)c2)C(=O)N1. The number of imide groups is 1. The summed E-state index contributed by atoms with van der Waals surface area (Å²) in [6.45, 7) is 0. The fraction of sp³-hybridized carbons (Fsp3) is 0.250. The van der Waals surface area contributed by atoms with Crippen molar-refractivity contribution in [2.75, 3.05) is 0 Å². The zero-order valence-electron chi connectivity index (χ0n) is 9.70. The van der Waals surface area contributed by atoms with E-state index in [0.717, 1.165) is 0 Å². The molecule has 1 fully saturated rings. The van der Waals surface area contributed by atoms with Gasteiger partial charge in [-0.25, -0.2) is 0 Å². The predicted octanol–water partition coefficient (Wildman–Crippen LogP) is 1.64. The molecular weight excluding hydrogens is 336 g/mol. The third-order valence-electron chi connectivity index (χ3n) is 2.73. The van der Waals surface area contributed by atoms with E-state index in [9.17, 15) is 14.4 Å². The van der Waals surface area contributed by atoms with Crippen molar-refractivity contribution in [1.29, 1.82) is 0 Å². The molecule has 2 N–H and O–H groups in total. The van der Waals surface area contributed by atoms with Gasteiger partial charge in [0.05, 0.1) is 5.02 Å². The van der Waals surface area contributed by atoms with Crippen molar-refractivity contribution in [3.8, 4) is 0 Å². The highest BCUT2D eigenvalue weighted by Crippen LogP contribution is 2.23. The standard InChI is InChI=1S/C12H10BrClN2O3/c13-7-2-1-6(5-8(7)14)11(18)15-9-3-4-10(17)16-12(9)19/h1-2,5,9H,3-4H2,(H,15,18)(H,16,17,19). The summed E-state index contributed by atoms with van der Waals surface area (Å²) in [6, 6.07) is 4.07. The van der Waals surface area contributed by atoms with Gasteiger partial charge in [-0.3, -0.25) is 19.7 Å². The Morgan fingerprint density at radius 3 is 2.79 bits per heavy atom. The highest BCUT2D eigenvalue weighted by molar-refractivity contribution is 9.10. The summed E-state index contributed by atoms with van der Waals surface area (Å²) in [5.41, 5.74) is 0.359. The third-order valence-corrected chi connectivity index (χ3v) is 3.96. The summed E-state index contributed by atoms with van der Waals surface area (Å²) in [6.07, 6.45) is 0.526. The number of hydrogen-bond donors (Lipinski definition) is 2. The molecule has 0 spiro atoms. The molecule has 1 aliphatic rings. The fourth-order valence-electron chi connectivity index (χ4n) is 1.71. The Labute approximate surface area is 122 Å². The minimum Gasteiger partial charge on any atom is -0.340 e. The Kier molecular flexibility index (Phi) is 4.21. The number of piperidine rings is 1. The molecular formula is C12H10BrClN2O3. The smallest absolute Gasteiger partial charge is 0.251 e. The molecule has 1 aromatic carbocycles. The molecule has 1 saturated heterocycles. The second kappa shape index (κ2) is 5.71. The molecule has 3 amide bonds. The first-order chi connectivity index (χ1) is 8.97. The molecule has 19 heavy (non-hydrogen) atoms. The number of benzene rings is 1. The first-order valence-electron chi connectivity index (χ1n) is 5.57. The fourth-order valence-corrected chi connectivity index (χ4v) is 2.14. The topological polar surface area (TPSA) is 75.3 Å². The van der Waals surface area contributed by atoms with Gasteiger partial charge >= 0.3 is 0 Å². The zero-order chi connectivity index (χ0) is 14.0. The maximum absolute atomic E-state index is 12.0. The third kappa shape index (κ3) is 3.33. The van der Waals surface area contributed by atoms with Crippen LogP contribution in [0.5, 0.6) is 0 Å². The Bertz CT molecular complexity index is 562. The monoisotopic (exact) mass is 344 g/mol. The van der Waals surface area contributed by atoms with Gasteiger partial charge in [0, 0.05) is 16.5 Å². The Balaban J connectivity index is 2.06. The van der Waals surface area contributed by atoms with Crippen molar-refractivity contribution in [3.63, 3.8) is 0 Å². The lowest BCUT2D eigenvalue weighted by Gasteiger charge is -2.21. The van der Waals surface area contributed by atoms with Gasteiger partial charge in [-0.1, -0.05) is 11.6 Å². The van der Waals surface area contributed by atoms with Crippen LogP contribution in [0.4, 0.5) is 0 Å². The Morgan fingerprint density at radius 2 is 2.16 bits per heavy atom. The van der Waals surface area contributed by atoms with E-state index >= 15 is 0 Å². The van der Waals surface area contributed by atoms with E-state index in [4.69, 9.17) is 11.6 Å². The van der Waals surface area contributed by atoms with Crippen LogP contribution in [0.25, 0.3) is 0 Å². The number of rotatable bonds is 2. The number of hydrogen-bond acceptors (Lipinski definition) is 3. The second-order valence-electron chi connectivity index (χ2n) is 4.11. The van der Waals surface area contributed by atoms with E-state index in [1.807, 2.05) is 0 Å². The van der Waals surface area contributed by atoms with Crippen LogP contribution >= 0.6 is 27.5 Å². The van der Waals surface area contributed by atoms with E-state index in [-0.39, 0.29) is 12.3 Å². The van der Waals surface area contributed by atoms with Crippen LogP contribution in [0.1, 0.15) is 23.2 Å². The summed E-state index contributed by atoms with van der Waals surface area (Å²) in [4.78, 5) is 34.5. The molecule has 0 saturated carbocycles. The number of carbonyl (C=O) groups excluding carboxylic acids is 3. The molecule has 2 rings (SSSR count). The second-order valence-corrected chi connectivity index (χ2v) is 5.37. The normalized spacial score (nSPS) is 18.9. The summed E-state index contributed by atoms with van der Waals surface area (Å²) in [5.74, 6) is -1.20. The molecule has 1 aromatic rings. The number of amides is 3. The van der Waals surface area contributed by atoms with Gasteiger partial charge in [0.15, 0.2) is 0 Å². The number of halogens is 2. The van der Waals surface area contributed by atoms with E-state index in [2.05, 4.69) is 26.6 Å². The van der Waals surface area contributed by atoms with E-state index in [1.54, 1.807) is 12.1 Å². The first-order valence-corrected chi connectivity index (χ1v) is 6.74. The van der Waals surface area contributed by atoms with E-state index in [0.29, 0.717) is 21.5 Å². The van der Waals surface area contributed by atoms with E-state index in [1.165, 1.54) is 6.07 Å². The van der Waals surface area contributed by atoms with Crippen LogP contribution in [0, 0.1) is 0 Å². The molecule has 1 heterocycles. The lowest BCUT2D eigenvalue weighted by Crippen LogP contribution is -2.52. The molecule has 0 bridgehead atoms. The summed E-state index contributed by atoms with van der Waals surface area (Å²) in [7, 11) is 0. The van der Waals surface area contributed by atoms with Gasteiger partial charge in [0.1, 0.15) is 6.04 Å². The maximum Gasteiger partial charge on any atom is 0.251 e. The molecule has 7 heteroatoms. The largest absolute Gasteiger partial charge is 0.340 e. The molecule has 0 aliphatic carbocycles. The summed E-state index contributed by atoms with van der Waals surface area (Å²) in [5, 5.41) is 5.17. The van der Waals surface area contributed by atoms with Crippen LogP contribution in [0.3, 0.4) is 0 Å². The van der Waals surface area contributed by atoms with Crippen molar-refractivity contribution in [2.45, 2.75) is 18.9 Å². The molecule has 1 unspecified atom stereocenters.